The van der Waals surface area contributed by atoms with Gasteiger partial charge in [-0.15, -0.1) is 11.3 Å². The number of thiophene rings is 1. The third-order valence-corrected chi connectivity index (χ3v) is 5.17. The van der Waals surface area contributed by atoms with Gasteiger partial charge in [-0.25, -0.2) is 4.79 Å². The summed E-state index contributed by atoms with van der Waals surface area (Å²) in [5.41, 5.74) is 1.45. The molecule has 6 nitrogen and oxygen atoms in total. The van der Waals surface area contributed by atoms with Gasteiger partial charge >= 0.3 is 5.97 Å². The highest BCUT2D eigenvalue weighted by atomic mass is 32.1. The maximum Gasteiger partial charge on any atom is 0.355 e. The monoisotopic (exact) mass is 350 g/mol. The predicted octanol–water partition coefficient (Wildman–Crippen LogP) is 2.47. The molecule has 0 radical (unpaired) electrons. The van der Waals surface area contributed by atoms with E-state index in [9.17, 15) is 9.59 Å². The first-order chi connectivity index (χ1) is 11.6. The summed E-state index contributed by atoms with van der Waals surface area (Å²) in [6.07, 6.45) is 1.70. The average Bonchev–Trinajstić information content (AvgIpc) is 3.29. The molecule has 0 saturated carbocycles. The van der Waals surface area contributed by atoms with Gasteiger partial charge in [0.15, 0.2) is 6.10 Å². The zero-order chi connectivity index (χ0) is 17.1. The maximum atomic E-state index is 12.4. The largest absolute Gasteiger partial charge is 0.448 e. The average molecular weight is 350 g/mol. The topological polar surface area (TPSA) is 69.6 Å². The highest BCUT2D eigenvalue weighted by molar-refractivity contribution is 7.17. The van der Waals surface area contributed by atoms with Crippen molar-refractivity contribution in [1.29, 1.82) is 0 Å². The van der Waals surface area contributed by atoms with Crippen LogP contribution in [0.2, 0.25) is 0 Å². The SMILES string of the molecule is CC[C@@H](OC(=O)c1cc2sccc2n1C)C(=O)NC[C@H]1CCCO1. The lowest BCUT2D eigenvalue weighted by atomic mass is 10.2. The lowest BCUT2D eigenvalue weighted by Crippen LogP contribution is -2.41. The fourth-order valence-electron chi connectivity index (χ4n) is 2.89. The molecular formula is C17H22N2O4S. The fourth-order valence-corrected chi connectivity index (χ4v) is 3.74. The number of hydrogen-bond acceptors (Lipinski definition) is 5. The number of aryl methyl sites for hydroxylation is 1. The van der Waals surface area contributed by atoms with Crippen LogP contribution in [0.5, 0.6) is 0 Å². The molecule has 130 valence electrons. The van der Waals surface area contributed by atoms with Gasteiger partial charge in [0.2, 0.25) is 0 Å². The first-order valence-corrected chi connectivity index (χ1v) is 9.11. The summed E-state index contributed by atoms with van der Waals surface area (Å²) in [5.74, 6) is -0.739. The van der Waals surface area contributed by atoms with E-state index in [4.69, 9.17) is 9.47 Å². The van der Waals surface area contributed by atoms with E-state index in [0.29, 0.717) is 18.7 Å². The highest BCUT2D eigenvalue weighted by Crippen LogP contribution is 2.24. The molecular weight excluding hydrogens is 328 g/mol. The van der Waals surface area contributed by atoms with Gasteiger partial charge in [-0.1, -0.05) is 6.92 Å². The second-order valence-electron chi connectivity index (χ2n) is 5.94. The van der Waals surface area contributed by atoms with Gasteiger partial charge in [0.25, 0.3) is 5.91 Å². The Morgan fingerprint density at radius 3 is 3.04 bits per heavy atom. The molecule has 0 aliphatic carbocycles. The molecule has 0 spiro atoms. The van der Waals surface area contributed by atoms with Gasteiger partial charge in [-0.05, 0) is 36.8 Å². The molecule has 2 aromatic rings. The van der Waals surface area contributed by atoms with Gasteiger partial charge in [0, 0.05) is 20.2 Å². The number of carbonyl (C=O) groups excluding carboxylic acids is 2. The fraction of sp³-hybridized carbons (Fsp3) is 0.529. The number of ether oxygens (including phenoxy) is 2. The molecule has 1 N–H and O–H groups in total. The number of rotatable bonds is 6. The zero-order valence-electron chi connectivity index (χ0n) is 13.9. The number of carbonyl (C=O) groups is 2. The smallest absolute Gasteiger partial charge is 0.355 e. The Labute approximate surface area is 144 Å². The molecule has 2 atom stereocenters. The van der Waals surface area contributed by atoms with Crippen molar-refractivity contribution < 1.29 is 19.1 Å². The van der Waals surface area contributed by atoms with E-state index in [1.165, 1.54) is 0 Å². The van der Waals surface area contributed by atoms with Crippen LogP contribution in [-0.2, 0) is 21.3 Å². The Bertz CT molecular complexity index is 730. The zero-order valence-corrected chi connectivity index (χ0v) is 14.7. The van der Waals surface area contributed by atoms with Crippen LogP contribution >= 0.6 is 11.3 Å². The van der Waals surface area contributed by atoms with Crippen molar-refractivity contribution in [2.45, 2.75) is 38.4 Å². The van der Waals surface area contributed by atoms with Gasteiger partial charge in [0.05, 0.1) is 16.3 Å². The summed E-state index contributed by atoms with van der Waals surface area (Å²) in [6.45, 7) is 3.04. The Hall–Kier alpha value is -1.86. The van der Waals surface area contributed by atoms with E-state index in [1.54, 1.807) is 22.0 Å². The predicted molar refractivity (Wildman–Crippen MR) is 92.3 cm³/mol. The molecule has 1 saturated heterocycles. The van der Waals surface area contributed by atoms with E-state index in [2.05, 4.69) is 5.32 Å². The third-order valence-electron chi connectivity index (χ3n) is 4.31. The van der Waals surface area contributed by atoms with Crippen molar-refractivity contribution in [3.8, 4) is 0 Å². The molecule has 0 bridgehead atoms. The maximum absolute atomic E-state index is 12.4. The van der Waals surface area contributed by atoms with Crippen molar-refractivity contribution >= 4 is 33.4 Å². The minimum absolute atomic E-state index is 0.0711. The molecule has 1 amide bonds. The van der Waals surface area contributed by atoms with E-state index in [0.717, 1.165) is 29.7 Å². The number of aromatic nitrogens is 1. The highest BCUT2D eigenvalue weighted by Gasteiger charge is 2.25. The van der Waals surface area contributed by atoms with Crippen LogP contribution in [0.15, 0.2) is 17.5 Å². The van der Waals surface area contributed by atoms with Crippen LogP contribution in [0.3, 0.4) is 0 Å². The molecule has 1 aliphatic rings. The lowest BCUT2D eigenvalue weighted by molar-refractivity contribution is -0.130. The van der Waals surface area contributed by atoms with Gasteiger partial charge < -0.3 is 19.4 Å². The quantitative estimate of drug-likeness (QED) is 0.813. The van der Waals surface area contributed by atoms with Gasteiger partial charge in [-0.3, -0.25) is 4.79 Å². The van der Waals surface area contributed by atoms with E-state index >= 15 is 0 Å². The Kier molecular flexibility index (Phi) is 5.20. The summed E-state index contributed by atoms with van der Waals surface area (Å²) in [4.78, 5) is 24.7. The minimum Gasteiger partial charge on any atom is -0.448 e. The third kappa shape index (κ3) is 3.47. The molecule has 24 heavy (non-hydrogen) atoms. The van der Waals surface area contributed by atoms with E-state index in [1.807, 2.05) is 25.4 Å². The first kappa shape index (κ1) is 17.0. The second-order valence-corrected chi connectivity index (χ2v) is 6.89. The summed E-state index contributed by atoms with van der Waals surface area (Å²) >= 11 is 1.57. The Morgan fingerprint density at radius 1 is 1.54 bits per heavy atom. The summed E-state index contributed by atoms with van der Waals surface area (Å²) in [6, 6.07) is 3.77. The second kappa shape index (κ2) is 7.36. The van der Waals surface area contributed by atoms with Crippen molar-refractivity contribution in [2.24, 2.45) is 7.05 Å². The number of nitrogens with one attached hydrogen (secondary N) is 1. The normalized spacial score (nSPS) is 18.7. The molecule has 1 aliphatic heterocycles. The van der Waals surface area contributed by atoms with Crippen LogP contribution in [-0.4, -0.2) is 41.8 Å². The number of hydrogen-bond donors (Lipinski definition) is 1. The van der Waals surface area contributed by atoms with Crippen LogP contribution in [0.1, 0.15) is 36.7 Å². The molecule has 0 unspecified atom stereocenters. The van der Waals surface area contributed by atoms with Gasteiger partial charge in [-0.2, -0.15) is 0 Å². The number of amides is 1. The van der Waals surface area contributed by atoms with Crippen molar-refractivity contribution in [1.82, 2.24) is 9.88 Å². The van der Waals surface area contributed by atoms with Crippen molar-refractivity contribution in [3.05, 3.63) is 23.2 Å². The Morgan fingerprint density at radius 2 is 2.38 bits per heavy atom. The number of nitrogens with zero attached hydrogens (tertiary/aromatic N) is 1. The Balaban J connectivity index is 1.61. The standard InChI is InChI=1S/C17H22N2O4S/c1-3-14(16(20)18-10-11-5-4-7-22-11)23-17(21)13-9-15-12(19(13)2)6-8-24-15/h6,8-9,11,14H,3-5,7,10H2,1-2H3,(H,18,20)/t11-,14-/m1/s1. The van der Waals surface area contributed by atoms with Crippen LogP contribution < -0.4 is 5.32 Å². The summed E-state index contributed by atoms with van der Waals surface area (Å²) in [7, 11) is 1.82. The molecule has 3 heterocycles. The summed E-state index contributed by atoms with van der Waals surface area (Å²) < 4.78 is 13.7. The number of fused-ring (bicyclic) bond motifs is 1. The van der Waals surface area contributed by atoms with Gasteiger partial charge in [0.1, 0.15) is 5.69 Å². The van der Waals surface area contributed by atoms with Crippen molar-refractivity contribution in [3.63, 3.8) is 0 Å². The molecule has 7 heteroatoms. The molecule has 0 aromatic carbocycles. The minimum atomic E-state index is -0.785. The van der Waals surface area contributed by atoms with E-state index in [-0.39, 0.29) is 12.0 Å². The number of esters is 1. The molecule has 1 fully saturated rings. The van der Waals surface area contributed by atoms with Crippen LogP contribution in [0.4, 0.5) is 0 Å². The lowest BCUT2D eigenvalue weighted by Gasteiger charge is -2.17. The van der Waals surface area contributed by atoms with Crippen LogP contribution in [0, 0.1) is 0 Å². The van der Waals surface area contributed by atoms with Crippen molar-refractivity contribution in [2.75, 3.05) is 13.2 Å². The van der Waals surface area contributed by atoms with Crippen LogP contribution in [0.25, 0.3) is 10.2 Å². The first-order valence-electron chi connectivity index (χ1n) is 8.23. The molecule has 3 rings (SSSR count). The summed E-state index contributed by atoms with van der Waals surface area (Å²) in [5, 5.41) is 4.80. The van der Waals surface area contributed by atoms with E-state index < -0.39 is 12.1 Å². The molecule has 2 aromatic heterocycles.